The Balaban J connectivity index is 1.55. The van der Waals surface area contributed by atoms with Crippen molar-refractivity contribution in [1.82, 2.24) is 9.80 Å². The number of ether oxygens (including phenoxy) is 2. The fourth-order valence-corrected chi connectivity index (χ4v) is 7.15. The lowest BCUT2D eigenvalue weighted by molar-refractivity contribution is -0.114. The van der Waals surface area contributed by atoms with Gasteiger partial charge in [0.2, 0.25) is 0 Å². The number of allylic oxidation sites excluding steroid dienone is 2. The highest BCUT2D eigenvalue weighted by Crippen LogP contribution is 2.54. The Morgan fingerprint density at radius 3 is 2.65 bits per heavy atom. The maximum atomic E-state index is 13.5. The molecular weight excluding hydrogens is 432 g/mol. The highest BCUT2D eigenvalue weighted by molar-refractivity contribution is 6.27. The van der Waals surface area contributed by atoms with Crippen LogP contribution < -0.4 is 4.74 Å². The van der Waals surface area contributed by atoms with Gasteiger partial charge in [0.15, 0.2) is 23.0 Å². The number of ketones is 1. The van der Waals surface area contributed by atoms with Gasteiger partial charge in [-0.05, 0) is 44.9 Å². The molecule has 2 unspecified atom stereocenters. The number of benzene rings is 1. The fourth-order valence-electron chi connectivity index (χ4n) is 7.15. The molecule has 1 fully saturated rings. The average Bonchev–Trinajstić information content (AvgIpc) is 3.24. The number of hydrogen-bond donors (Lipinski definition) is 1. The van der Waals surface area contributed by atoms with Gasteiger partial charge in [0.05, 0.1) is 38.9 Å². The van der Waals surface area contributed by atoms with Crippen molar-refractivity contribution in [3.8, 4) is 17.6 Å². The summed E-state index contributed by atoms with van der Waals surface area (Å²) in [7, 11) is 5.18. The van der Waals surface area contributed by atoms with Crippen LogP contribution in [-0.4, -0.2) is 78.4 Å². The molecule has 5 aliphatic rings. The third-order valence-electron chi connectivity index (χ3n) is 8.50. The van der Waals surface area contributed by atoms with Crippen LogP contribution in [0.4, 0.5) is 0 Å². The number of carbonyl (C=O) groups is 1. The molecule has 176 valence electrons. The maximum Gasteiger partial charge on any atom is 0.188 e. The molecular formula is C26H28N4O4. The lowest BCUT2D eigenvalue weighted by Crippen LogP contribution is -2.70. The van der Waals surface area contributed by atoms with E-state index in [2.05, 4.69) is 21.9 Å². The first-order valence-corrected chi connectivity index (χ1v) is 11.7. The van der Waals surface area contributed by atoms with Crippen LogP contribution in [0.25, 0.3) is 0 Å². The van der Waals surface area contributed by atoms with Gasteiger partial charge in [0.1, 0.15) is 11.8 Å². The number of methoxy groups -OCH3 is 2. The number of Topliss-reactive ketones (excluding diaryl/α,β-unsaturated/α-hetero) is 1. The molecule has 1 aliphatic carbocycles. The first-order chi connectivity index (χ1) is 16.3. The molecule has 8 heteroatoms. The molecule has 1 aromatic carbocycles. The lowest BCUT2D eigenvalue weighted by Gasteiger charge is -2.59. The van der Waals surface area contributed by atoms with Gasteiger partial charge < -0.3 is 14.6 Å². The number of aryl methyl sites for hydroxylation is 1. The van der Waals surface area contributed by atoms with E-state index >= 15 is 0 Å². The van der Waals surface area contributed by atoms with Gasteiger partial charge in [-0.2, -0.15) is 5.26 Å². The second-order valence-electron chi connectivity index (χ2n) is 9.91. The van der Waals surface area contributed by atoms with Crippen LogP contribution in [-0.2, 0) is 16.0 Å². The van der Waals surface area contributed by atoms with Crippen molar-refractivity contribution < 1.29 is 19.4 Å². The molecule has 1 saturated heterocycles. The summed E-state index contributed by atoms with van der Waals surface area (Å²) < 4.78 is 11.1. The standard InChI is InChI=1S/C26H28N4O4/c1-11-6-13-7-15-17(9-27)30-16(22(29(15)3)19(13)24(32)25(11)33-4)8-14-20-18(30)10-28-21(20)26(34-5)12(2)23(14)31/h6,15-18,22,32H,7-8,10H2,1-5H3/t15-,16?,17+,18?,22-/m1/s1. The molecule has 34 heavy (non-hydrogen) atoms. The number of nitriles is 1. The molecule has 0 radical (unpaired) electrons. The van der Waals surface area contributed by atoms with Crippen LogP contribution >= 0.6 is 0 Å². The molecule has 1 N–H and O–H groups in total. The van der Waals surface area contributed by atoms with Crippen LogP contribution in [0.15, 0.2) is 33.5 Å². The van der Waals surface area contributed by atoms with Gasteiger partial charge in [0, 0.05) is 34.4 Å². The topological polar surface area (TPSA) is 98.4 Å². The Bertz CT molecular complexity index is 1290. The Labute approximate surface area is 198 Å². The third-order valence-corrected chi connectivity index (χ3v) is 8.50. The number of aliphatic imine (C=N–C) groups is 1. The number of hydrogen-bond acceptors (Lipinski definition) is 8. The second kappa shape index (κ2) is 7.17. The van der Waals surface area contributed by atoms with E-state index in [4.69, 9.17) is 14.5 Å². The first kappa shape index (κ1) is 21.4. The Morgan fingerprint density at radius 1 is 1.21 bits per heavy atom. The molecule has 8 nitrogen and oxygen atoms in total. The number of aromatic hydroxyl groups is 1. The van der Waals surface area contributed by atoms with E-state index in [9.17, 15) is 15.2 Å². The van der Waals surface area contributed by atoms with Crippen molar-refractivity contribution in [2.24, 2.45) is 4.99 Å². The summed E-state index contributed by atoms with van der Waals surface area (Å²) in [6, 6.07) is 3.81. The monoisotopic (exact) mass is 460 g/mol. The van der Waals surface area contributed by atoms with Crippen LogP contribution in [0, 0.1) is 18.3 Å². The van der Waals surface area contributed by atoms with E-state index in [1.165, 1.54) is 0 Å². The van der Waals surface area contributed by atoms with Crippen LogP contribution in [0.5, 0.6) is 11.5 Å². The molecule has 4 heterocycles. The fraction of sp³-hybridized carbons (Fsp3) is 0.500. The Kier molecular flexibility index (Phi) is 4.51. The number of nitrogens with zero attached hydrogens (tertiary/aromatic N) is 4. The van der Waals surface area contributed by atoms with Gasteiger partial charge >= 0.3 is 0 Å². The predicted octanol–water partition coefficient (Wildman–Crippen LogP) is 2.21. The minimum Gasteiger partial charge on any atom is -0.504 e. The molecule has 1 aromatic rings. The molecule has 5 atom stereocenters. The summed E-state index contributed by atoms with van der Waals surface area (Å²) in [6.45, 7) is 4.22. The van der Waals surface area contributed by atoms with E-state index < -0.39 is 0 Å². The van der Waals surface area contributed by atoms with Gasteiger partial charge in [-0.3, -0.25) is 19.6 Å². The Hall–Kier alpha value is -3.15. The molecule has 6 rings (SSSR count). The van der Waals surface area contributed by atoms with E-state index in [0.29, 0.717) is 36.5 Å². The zero-order chi connectivity index (χ0) is 24.0. The maximum absolute atomic E-state index is 13.5. The Morgan fingerprint density at radius 2 is 1.97 bits per heavy atom. The van der Waals surface area contributed by atoms with Crippen molar-refractivity contribution >= 4 is 11.5 Å². The molecule has 0 saturated carbocycles. The molecule has 0 aromatic heterocycles. The quantitative estimate of drug-likeness (QED) is 0.676. The van der Waals surface area contributed by atoms with Crippen LogP contribution in [0.1, 0.15) is 36.1 Å². The molecule has 0 amide bonds. The van der Waals surface area contributed by atoms with Gasteiger partial charge in [-0.1, -0.05) is 6.07 Å². The SMILES string of the molecule is COC1=C(C)C(=O)C2=C3C1=NCC3N1C(C2)[C@@H]2c3c(cc(C)c(OC)c3O)C[C@H]([C@@H]1C#N)N2C. The van der Waals surface area contributed by atoms with E-state index in [0.717, 1.165) is 33.5 Å². The summed E-state index contributed by atoms with van der Waals surface area (Å²) >= 11 is 0. The van der Waals surface area contributed by atoms with E-state index in [-0.39, 0.29) is 41.7 Å². The zero-order valence-corrected chi connectivity index (χ0v) is 20.0. The number of phenols is 1. The minimum atomic E-state index is -0.356. The molecule has 4 aliphatic heterocycles. The molecule has 2 bridgehead atoms. The summed E-state index contributed by atoms with van der Waals surface area (Å²) in [4.78, 5) is 22.8. The van der Waals surface area contributed by atoms with Gasteiger partial charge in [0.25, 0.3) is 0 Å². The predicted molar refractivity (Wildman–Crippen MR) is 125 cm³/mol. The van der Waals surface area contributed by atoms with E-state index in [1.807, 2.05) is 14.0 Å². The zero-order valence-electron chi connectivity index (χ0n) is 20.0. The minimum absolute atomic E-state index is 0.00243. The van der Waals surface area contributed by atoms with Crippen molar-refractivity contribution in [3.63, 3.8) is 0 Å². The third kappa shape index (κ3) is 2.44. The lowest BCUT2D eigenvalue weighted by atomic mass is 9.70. The second-order valence-corrected chi connectivity index (χ2v) is 9.91. The average molecular weight is 461 g/mol. The highest BCUT2D eigenvalue weighted by Gasteiger charge is 2.58. The summed E-state index contributed by atoms with van der Waals surface area (Å²) in [5.41, 5.74) is 5.83. The van der Waals surface area contributed by atoms with Gasteiger partial charge in [-0.25, -0.2) is 0 Å². The number of likely N-dealkylation sites (N-methyl/N-ethyl adjacent to an activating group) is 1. The van der Waals surface area contributed by atoms with Crippen LogP contribution in [0.2, 0.25) is 0 Å². The molecule has 0 spiro atoms. The smallest absolute Gasteiger partial charge is 0.188 e. The summed E-state index contributed by atoms with van der Waals surface area (Å²) in [5, 5.41) is 21.7. The largest absolute Gasteiger partial charge is 0.504 e. The number of fused-ring (bicyclic) bond motifs is 7. The van der Waals surface area contributed by atoms with Crippen molar-refractivity contribution in [3.05, 3.63) is 45.2 Å². The highest BCUT2D eigenvalue weighted by atomic mass is 16.5. The normalized spacial score (nSPS) is 32.1. The van der Waals surface area contributed by atoms with E-state index in [1.54, 1.807) is 21.1 Å². The van der Waals surface area contributed by atoms with Crippen molar-refractivity contribution in [1.29, 1.82) is 5.26 Å². The number of piperazine rings is 1. The summed E-state index contributed by atoms with van der Waals surface area (Å²) in [6.07, 6.45) is 1.16. The van der Waals surface area contributed by atoms with Crippen molar-refractivity contribution in [2.75, 3.05) is 27.8 Å². The first-order valence-electron chi connectivity index (χ1n) is 11.7. The summed E-state index contributed by atoms with van der Waals surface area (Å²) in [5.74, 6) is 1.20. The van der Waals surface area contributed by atoms with Crippen LogP contribution in [0.3, 0.4) is 0 Å². The number of phenolic OH excluding ortho intramolecular Hbond substituents is 1. The number of carbonyl (C=O) groups excluding carboxylic acids is 1. The number of rotatable bonds is 2. The van der Waals surface area contributed by atoms with Crippen molar-refractivity contribution in [2.45, 2.75) is 56.9 Å². The van der Waals surface area contributed by atoms with Gasteiger partial charge in [-0.15, -0.1) is 0 Å².